The van der Waals surface area contributed by atoms with Gasteiger partial charge < -0.3 is 64.6 Å². The first-order chi connectivity index (χ1) is 61.8. The molecule has 0 radical (unpaired) electrons. The lowest BCUT2D eigenvalue weighted by atomic mass is 9.43. The second kappa shape index (κ2) is 36.3. The maximum Gasteiger partial charge on any atom is 0.337 e. The van der Waals surface area contributed by atoms with E-state index in [0.29, 0.717) is 130 Å². The van der Waals surface area contributed by atoms with Gasteiger partial charge in [0.25, 0.3) is 23.5 Å². The third-order valence-electron chi connectivity index (χ3n) is 25.9. The molecule has 4 atom stereocenters. The summed E-state index contributed by atoms with van der Waals surface area (Å²) in [7, 11) is 22.0. The number of methoxy groups -OCH3 is 5. The van der Waals surface area contributed by atoms with Crippen LogP contribution in [0.4, 0.5) is 45.5 Å². The summed E-state index contributed by atoms with van der Waals surface area (Å²) in [5.41, 5.74) is 8.49. The topological polar surface area (TPSA) is 404 Å². The Hall–Kier alpha value is -14.2. The van der Waals surface area contributed by atoms with E-state index in [1.807, 2.05) is 61.7 Å². The van der Waals surface area contributed by atoms with Crippen LogP contribution in [0.1, 0.15) is 139 Å². The summed E-state index contributed by atoms with van der Waals surface area (Å²) in [4.78, 5) is 127. The lowest BCUT2D eigenvalue weighted by Crippen LogP contribution is -2.56. The van der Waals surface area contributed by atoms with Crippen LogP contribution in [0.15, 0.2) is 144 Å². The number of amides is 4. The van der Waals surface area contributed by atoms with E-state index in [1.165, 1.54) is 66.8 Å². The summed E-state index contributed by atoms with van der Waals surface area (Å²) >= 11 is 6.29. The number of imidazole rings is 4. The number of nitrogens with zero attached hydrogens (tertiary/aromatic N) is 24. The number of halogens is 1. The third-order valence-corrected chi connectivity index (χ3v) is 26.1. The number of carbonyl (C=O) groups excluding carboxylic acids is 4. The van der Waals surface area contributed by atoms with Gasteiger partial charge in [-0.2, -0.15) is 0 Å². The minimum absolute atomic E-state index is 0.0170. The number of hydrogen-bond acceptors (Lipinski definition) is 25. The van der Waals surface area contributed by atoms with E-state index in [9.17, 15) is 38.4 Å². The molecular formula is C87H109ClN28O13. The van der Waals surface area contributed by atoms with Crippen molar-refractivity contribution in [2.75, 3.05) is 85.0 Å². The molecule has 0 aliphatic heterocycles. The van der Waals surface area contributed by atoms with Crippen LogP contribution in [0.2, 0.25) is 5.15 Å². The smallest absolute Gasteiger partial charge is 0.337 e. The zero-order valence-corrected chi connectivity index (χ0v) is 75.7. The summed E-state index contributed by atoms with van der Waals surface area (Å²) in [6, 6.07) is 0.0522. The summed E-state index contributed by atoms with van der Waals surface area (Å²) in [5.74, 6) is 2.55. The minimum atomic E-state index is -0.274. The molecule has 42 heteroatoms. The average molecular weight is 1790 g/mol. The number of nitrogens with one attached hydrogen (secondary N) is 4. The Balaban J connectivity index is 0.000000132. The lowest BCUT2D eigenvalue weighted by Gasteiger charge is -2.61. The Morgan fingerprint density at radius 2 is 0.721 bits per heavy atom. The van der Waals surface area contributed by atoms with Gasteiger partial charge in [0.15, 0.2) is 22.6 Å². The van der Waals surface area contributed by atoms with Gasteiger partial charge in [-0.15, -0.1) is 20.4 Å². The van der Waals surface area contributed by atoms with Crippen LogP contribution in [0, 0.1) is 5.92 Å². The summed E-state index contributed by atoms with van der Waals surface area (Å²) in [5, 5.41) is 30.7. The van der Waals surface area contributed by atoms with Crippen LogP contribution in [0.25, 0.3) is 22.6 Å². The van der Waals surface area contributed by atoms with Crippen molar-refractivity contribution in [3.8, 4) is 29.4 Å². The minimum Gasteiger partial charge on any atom is -0.481 e. The first kappa shape index (κ1) is 89.7. The van der Waals surface area contributed by atoms with Gasteiger partial charge in [0.1, 0.15) is 27.9 Å². The van der Waals surface area contributed by atoms with Gasteiger partial charge in [-0.25, -0.2) is 56.7 Å². The number of rotatable bonds is 27. The number of likely N-dealkylation sites (N-methyl/N-ethyl adjacent to an activating group) is 4. The molecule has 12 aromatic heterocycles. The predicted octanol–water partition coefficient (Wildman–Crippen LogP) is 8.94. The molecule has 682 valence electrons. The van der Waals surface area contributed by atoms with Crippen molar-refractivity contribution >= 4 is 103 Å². The highest BCUT2D eigenvalue weighted by atomic mass is 35.5. The second-order valence-corrected chi connectivity index (χ2v) is 34.4. The highest BCUT2D eigenvalue weighted by molar-refractivity contribution is 6.29. The molecule has 4 N–H and O–H groups in total. The van der Waals surface area contributed by atoms with E-state index in [0.717, 1.165) is 67.9 Å². The number of aryl methyl sites for hydroxylation is 4. The van der Waals surface area contributed by atoms with Gasteiger partial charge in [0.2, 0.25) is 29.5 Å². The summed E-state index contributed by atoms with van der Waals surface area (Å²) < 4.78 is 46.6. The lowest BCUT2D eigenvalue weighted by molar-refractivity contribution is -0.129. The Bertz CT molecular complexity index is 6590. The van der Waals surface area contributed by atoms with Crippen molar-refractivity contribution in [1.82, 2.24) is 115 Å². The number of ether oxygens (including phenoxy) is 5. The molecule has 7 saturated carbocycles. The Morgan fingerprint density at radius 3 is 1.08 bits per heavy atom. The quantitative estimate of drug-likeness (QED) is 0.0349. The maximum absolute atomic E-state index is 13.9. The zero-order valence-electron chi connectivity index (χ0n) is 75.0. The van der Waals surface area contributed by atoms with Crippen LogP contribution in [-0.2, 0) is 52.8 Å². The van der Waals surface area contributed by atoms with Crippen LogP contribution in [0.3, 0.4) is 0 Å². The maximum atomic E-state index is 13.9. The van der Waals surface area contributed by atoms with Crippen molar-refractivity contribution in [2.45, 2.75) is 157 Å². The van der Waals surface area contributed by atoms with E-state index in [2.05, 4.69) is 82.9 Å². The molecule has 12 heterocycles. The van der Waals surface area contributed by atoms with Crippen molar-refractivity contribution in [2.24, 2.45) is 34.1 Å². The number of hydrogen-bond donors (Lipinski definition) is 4. The van der Waals surface area contributed by atoms with Gasteiger partial charge in [-0.3, -0.25) is 56.2 Å². The van der Waals surface area contributed by atoms with Gasteiger partial charge in [-0.05, 0) is 120 Å². The normalized spacial score (nSPS) is 20.4. The fourth-order valence-electron chi connectivity index (χ4n) is 18.5. The molecule has 4 unspecified atom stereocenters. The van der Waals surface area contributed by atoms with E-state index < -0.39 is 0 Å². The van der Waals surface area contributed by atoms with Gasteiger partial charge in [0.05, 0.1) is 113 Å². The molecule has 7 aliphatic carbocycles. The standard InChI is InChI=1S/C25H31N7O3.C22H29N7O3.C20H24ClN7O3.C20H25N7O4/c1-5-21(33)30(3)16-6-7-17(8-16)31-14-18(27-19-13-29(2)28-23(19)35-4)22-26-12-20(32(22)24(31)34)25-9-15(10-25)11-25;1-7-19(30)27(5)14-8-15(9-14)28-12-16(24-17-11-26(4)25-21(17)32-6)20-23-10-18(13(2)3)29(20)22(28)31;1-5-17(29)26(3)12-6-7-13(8-12)27-11-14(18-22-9-16(21)28(18)20(27)30)23-15-10-25(2)24-19(15)31-4;1-6-16(28)25(3)12-7-13(8-12)26-11-14(22-15-10-24(2)23-19(15)31-5)18-21-9-17(30-4)27(18)20(26)29/h5,12-17,27H,1,6-11H2,2-4H3;7,10-15,24H,1,8-9H2,2-6H3;5,9-13,23H,1,6-8H2,2-4H3;6,9-13,22H,1,7-8H2,2-5H3. The first-order valence-electron chi connectivity index (χ1n) is 42.4. The molecule has 0 aromatic carbocycles. The molecule has 41 nitrogen and oxygen atoms in total. The molecule has 7 aliphatic rings. The molecule has 12 aromatic rings. The number of anilines is 8. The zero-order chi connectivity index (χ0) is 92.2. The van der Waals surface area contributed by atoms with Crippen molar-refractivity contribution in [3.05, 3.63) is 183 Å². The van der Waals surface area contributed by atoms with Crippen molar-refractivity contribution < 1.29 is 42.9 Å². The third kappa shape index (κ3) is 16.8. The molecular weight excluding hydrogens is 1680 g/mol. The molecule has 0 saturated heterocycles. The van der Waals surface area contributed by atoms with Crippen LogP contribution < -0.4 is 67.7 Å². The largest absolute Gasteiger partial charge is 0.481 e. The summed E-state index contributed by atoms with van der Waals surface area (Å²) in [6.07, 6.45) is 36.9. The van der Waals surface area contributed by atoms with Crippen LogP contribution in [0.5, 0.6) is 29.4 Å². The highest BCUT2D eigenvalue weighted by Gasteiger charge is 2.59. The fourth-order valence-corrected chi connectivity index (χ4v) is 18.7. The predicted molar refractivity (Wildman–Crippen MR) is 484 cm³/mol. The Kier molecular flexibility index (Phi) is 25.2. The molecule has 19 rings (SSSR count). The van der Waals surface area contributed by atoms with Gasteiger partial charge >= 0.3 is 22.8 Å². The number of fused-ring (bicyclic) bond motifs is 4. The SMILES string of the molecule is C=CC(=O)N(C)C1CC(n2cc(Nc3cn(C)nc3OC)c3ncc(C(C)C)n3c2=O)C1.C=CC(=O)N(C)C1CC(n2cc(Nc3cn(C)nc3OC)c3ncc(OC)n3c2=O)C1.C=CC(=O)N(C)C1CCC(n2cc(Nc3cn(C)nc3OC)c3ncc(C45CC(C4)C5)n3c2=O)C1.C=CC(=O)N(C)C1CCC(n2cc(Nc3cn(C)nc3OC)c3ncc(Cl)n3c2=O)C1. The number of aromatic nitrogens is 20. The highest BCUT2D eigenvalue weighted by Crippen LogP contribution is 2.65. The average Bonchev–Trinajstić information content (AvgIpc) is 1.64. The van der Waals surface area contributed by atoms with Crippen molar-refractivity contribution in [1.29, 1.82) is 0 Å². The second-order valence-electron chi connectivity index (χ2n) is 34.0. The number of carbonyl (C=O) groups is 4. The van der Waals surface area contributed by atoms with E-state index in [4.69, 9.17) is 40.3 Å². The molecule has 2 bridgehead atoms. The van der Waals surface area contributed by atoms with E-state index in [-0.39, 0.29) is 111 Å². The molecule has 7 fully saturated rings. The molecule has 4 amide bonds. The van der Waals surface area contributed by atoms with Gasteiger partial charge in [0, 0.05) is 141 Å². The van der Waals surface area contributed by atoms with Gasteiger partial charge in [-0.1, -0.05) is 51.8 Å². The Labute approximate surface area is 746 Å². The first-order valence-corrected chi connectivity index (χ1v) is 42.8. The Morgan fingerprint density at radius 1 is 0.411 bits per heavy atom. The molecule has 129 heavy (non-hydrogen) atoms. The van der Waals surface area contributed by atoms with Crippen LogP contribution in [-0.4, -0.2) is 226 Å². The molecule has 0 spiro atoms. The monoisotopic (exact) mass is 1790 g/mol. The van der Waals surface area contributed by atoms with Crippen molar-refractivity contribution in [3.63, 3.8) is 0 Å². The van der Waals surface area contributed by atoms with Crippen LogP contribution >= 0.6 is 11.6 Å². The fraction of sp³-hybridized carbons (Fsp3) is 0.448. The van der Waals surface area contributed by atoms with E-state index >= 15 is 0 Å². The van der Waals surface area contributed by atoms with E-state index in [1.54, 1.807) is 150 Å². The summed E-state index contributed by atoms with van der Waals surface area (Å²) in [6.45, 7) is 18.3.